The summed E-state index contributed by atoms with van der Waals surface area (Å²) < 4.78 is 39.3. The van der Waals surface area contributed by atoms with Gasteiger partial charge in [-0.1, -0.05) is 48.6 Å². The third kappa shape index (κ3) is 4.19. The fourth-order valence-electron chi connectivity index (χ4n) is 1.70. The molecule has 0 aliphatic rings. The first-order valence-corrected chi connectivity index (χ1v) is 10.8. The number of rotatable bonds is 7. The fourth-order valence-corrected chi connectivity index (χ4v) is 5.54. The van der Waals surface area contributed by atoms with Gasteiger partial charge in [-0.2, -0.15) is 4.39 Å². The van der Waals surface area contributed by atoms with Crippen LogP contribution in [0.15, 0.2) is 41.3 Å². The third-order valence-electron chi connectivity index (χ3n) is 2.88. The highest BCUT2D eigenvalue weighted by molar-refractivity contribution is 7.52. The Labute approximate surface area is 121 Å². The van der Waals surface area contributed by atoms with Gasteiger partial charge in [-0.15, -0.1) is 0 Å². The molecule has 0 aliphatic heterocycles. The van der Waals surface area contributed by atoms with E-state index in [2.05, 4.69) is 0 Å². The second-order valence-electron chi connectivity index (χ2n) is 4.69. The molecule has 0 spiro atoms. The largest absolute Gasteiger partial charge is 0.329 e. The lowest BCUT2D eigenvalue weighted by Crippen LogP contribution is -2.42. The molecule has 6 heteroatoms. The lowest BCUT2D eigenvalue weighted by molar-refractivity contribution is 0.267. The molecule has 0 saturated carbocycles. The Bertz CT molecular complexity index is 446. The zero-order valence-corrected chi connectivity index (χ0v) is 14.2. The topological polar surface area (TPSA) is 18.5 Å². The maximum absolute atomic E-state index is 14.6. The molecule has 0 fully saturated rings. The van der Waals surface area contributed by atoms with Crippen LogP contribution in [0.3, 0.4) is 0 Å². The molecule has 1 aromatic rings. The minimum atomic E-state index is -2.67. The van der Waals surface area contributed by atoms with E-state index < -0.39 is 27.5 Å². The van der Waals surface area contributed by atoms with Crippen molar-refractivity contribution in [2.45, 2.75) is 26.9 Å². The van der Waals surface area contributed by atoms with Crippen molar-refractivity contribution in [3.05, 3.63) is 41.3 Å². The molecule has 112 valence electrons. The predicted molar refractivity (Wildman–Crippen MR) is 83.0 cm³/mol. The zero-order chi connectivity index (χ0) is 15.2. The van der Waals surface area contributed by atoms with Crippen molar-refractivity contribution < 1.29 is 17.8 Å². The Balaban J connectivity index is 3.10. The van der Waals surface area contributed by atoms with E-state index >= 15 is 0 Å². The third-order valence-corrected chi connectivity index (χ3v) is 7.68. The lowest BCUT2D eigenvalue weighted by Gasteiger charge is -2.23. The van der Waals surface area contributed by atoms with Gasteiger partial charge in [0.15, 0.2) is 8.07 Å². The van der Waals surface area contributed by atoms with Crippen LogP contribution in [0.4, 0.5) is 8.78 Å². The minimum Gasteiger partial charge on any atom is -0.329 e. The summed E-state index contributed by atoms with van der Waals surface area (Å²) in [6, 6.07) is 9.21. The molecule has 20 heavy (non-hydrogen) atoms. The molecule has 0 heterocycles. The molecule has 0 bridgehead atoms. The van der Waals surface area contributed by atoms with Crippen molar-refractivity contribution in [1.29, 1.82) is 0 Å². The van der Waals surface area contributed by atoms with Crippen molar-refractivity contribution in [3.63, 3.8) is 0 Å². The van der Waals surface area contributed by atoms with Gasteiger partial charge in [-0.05, 0) is 13.8 Å². The summed E-state index contributed by atoms with van der Waals surface area (Å²) in [7, 11) is -4.62. The summed E-state index contributed by atoms with van der Waals surface area (Å²) in [5.41, 5.74) is -1.57. The molecule has 0 aliphatic carbocycles. The first kappa shape index (κ1) is 17.4. The van der Waals surface area contributed by atoms with Crippen LogP contribution in [0.1, 0.15) is 13.8 Å². The average Bonchev–Trinajstić information content (AvgIpc) is 2.46. The highest BCUT2D eigenvalue weighted by Gasteiger charge is 2.35. The number of hydrogen-bond acceptors (Lipinski definition) is 2. The Hall–Kier alpha value is -0.613. The Kier molecular flexibility index (Phi) is 6.96. The fraction of sp³-hybridized carbons (Fsp3) is 0.429. The maximum Gasteiger partial charge on any atom is 0.238 e. The Morgan fingerprint density at radius 1 is 1.05 bits per heavy atom. The van der Waals surface area contributed by atoms with Gasteiger partial charge in [-0.3, -0.25) is 0 Å². The van der Waals surface area contributed by atoms with Crippen LogP contribution in [0.25, 0.3) is 0 Å². The summed E-state index contributed by atoms with van der Waals surface area (Å²) in [6.45, 7) is 7.61. The normalized spacial score (nSPS) is 13.6. The molecular weight excluding hydrogens is 297 g/mol. The predicted octanol–water partition coefficient (Wildman–Crippen LogP) is 4.63. The first-order valence-electron chi connectivity index (χ1n) is 6.62. The monoisotopic (exact) mass is 318 g/mol. The van der Waals surface area contributed by atoms with E-state index in [1.54, 1.807) is 26.9 Å². The molecule has 0 atom stereocenters. The zero-order valence-electron chi connectivity index (χ0n) is 12.3. The van der Waals surface area contributed by atoms with Crippen molar-refractivity contribution in [1.82, 2.24) is 0 Å². The Morgan fingerprint density at radius 2 is 1.55 bits per heavy atom. The first-order chi connectivity index (χ1) is 9.45. The van der Waals surface area contributed by atoms with Crippen LogP contribution in [0.5, 0.6) is 0 Å². The van der Waals surface area contributed by atoms with Crippen LogP contribution in [-0.4, -0.2) is 21.3 Å². The van der Waals surface area contributed by atoms with Crippen LogP contribution < -0.4 is 5.19 Å². The van der Waals surface area contributed by atoms with E-state index in [1.165, 1.54) is 0 Å². The second kappa shape index (κ2) is 7.98. The summed E-state index contributed by atoms with van der Waals surface area (Å²) in [5.74, 6) is 0. The lowest BCUT2D eigenvalue weighted by atomic mass is 10.4. The molecule has 0 amide bonds. The van der Waals surface area contributed by atoms with Gasteiger partial charge in [0.25, 0.3) is 0 Å². The van der Waals surface area contributed by atoms with Crippen molar-refractivity contribution in [3.8, 4) is 0 Å². The average molecular weight is 318 g/mol. The summed E-state index contributed by atoms with van der Waals surface area (Å²) in [5, 5.41) is 0.843. The summed E-state index contributed by atoms with van der Waals surface area (Å²) in [4.78, 5) is 0. The maximum atomic E-state index is 14.6. The molecule has 2 nitrogen and oxygen atoms in total. The van der Waals surface area contributed by atoms with Gasteiger partial charge >= 0.3 is 0 Å². The minimum absolute atomic E-state index is 0.291. The smallest absolute Gasteiger partial charge is 0.238 e. The molecule has 0 N–H and O–H groups in total. The van der Waals surface area contributed by atoms with Crippen molar-refractivity contribution in [2.75, 3.05) is 13.2 Å². The highest BCUT2D eigenvalue weighted by Crippen LogP contribution is 2.50. The second-order valence-corrected chi connectivity index (χ2v) is 10.4. The molecule has 0 unspecified atom stereocenters. The van der Waals surface area contributed by atoms with Gasteiger partial charge in [0.1, 0.15) is 5.45 Å². The van der Waals surface area contributed by atoms with Crippen LogP contribution >= 0.6 is 8.38 Å². The standard InChI is InChI=1S/C14H21F2O2PSi/c1-5-17-19(18-6-2)13(15)14(16)20(3,4)12-10-8-7-9-11-12/h7-11H,5-6H2,1-4H3/b14-13+. The van der Waals surface area contributed by atoms with E-state index in [0.29, 0.717) is 13.2 Å². The molecular formula is C14H21F2O2PSi. The highest BCUT2D eigenvalue weighted by atomic mass is 31.2. The number of halogens is 2. The summed E-state index contributed by atoms with van der Waals surface area (Å²) in [6.07, 6.45) is 0. The van der Waals surface area contributed by atoms with Gasteiger partial charge < -0.3 is 9.05 Å². The van der Waals surface area contributed by atoms with E-state index in [9.17, 15) is 8.78 Å². The van der Waals surface area contributed by atoms with E-state index in [-0.39, 0.29) is 0 Å². The van der Waals surface area contributed by atoms with Crippen molar-refractivity contribution >= 4 is 21.6 Å². The molecule has 1 aromatic carbocycles. The van der Waals surface area contributed by atoms with Gasteiger partial charge in [0, 0.05) is 0 Å². The SMILES string of the molecule is CCOP(OCC)/C(F)=C(\F)[Si](C)(C)c1ccccc1. The van der Waals surface area contributed by atoms with Crippen LogP contribution in [-0.2, 0) is 9.05 Å². The quantitative estimate of drug-likeness (QED) is 0.539. The molecule has 0 saturated heterocycles. The number of hydrogen-bond donors (Lipinski definition) is 0. The van der Waals surface area contributed by atoms with Gasteiger partial charge in [0.2, 0.25) is 13.9 Å². The van der Waals surface area contributed by atoms with Crippen LogP contribution in [0.2, 0.25) is 13.1 Å². The molecule has 0 radical (unpaired) electrons. The summed E-state index contributed by atoms with van der Waals surface area (Å²) >= 11 is 0. The van der Waals surface area contributed by atoms with E-state index in [4.69, 9.17) is 9.05 Å². The van der Waals surface area contributed by atoms with Gasteiger partial charge in [-0.25, -0.2) is 4.39 Å². The van der Waals surface area contributed by atoms with Crippen molar-refractivity contribution in [2.24, 2.45) is 0 Å². The molecule has 0 aromatic heterocycles. The Morgan fingerprint density at radius 3 is 2.00 bits per heavy atom. The number of benzene rings is 1. The van der Waals surface area contributed by atoms with E-state index in [1.807, 2.05) is 30.3 Å². The van der Waals surface area contributed by atoms with E-state index in [0.717, 1.165) is 5.19 Å². The molecule has 1 rings (SSSR count). The van der Waals surface area contributed by atoms with Crippen LogP contribution in [0, 0.1) is 0 Å². The van der Waals surface area contributed by atoms with Gasteiger partial charge in [0.05, 0.1) is 13.2 Å².